The van der Waals surface area contributed by atoms with Crippen molar-refractivity contribution in [3.63, 3.8) is 0 Å². The van der Waals surface area contributed by atoms with Gasteiger partial charge in [0.05, 0.1) is 5.69 Å². The summed E-state index contributed by atoms with van der Waals surface area (Å²) in [6.07, 6.45) is 8.80. The maximum atomic E-state index is 12.8. The normalized spacial score (nSPS) is 18.6. The Balaban J connectivity index is 1.70. The first-order valence-corrected chi connectivity index (χ1v) is 8.66. The molecule has 118 valence electrons. The van der Waals surface area contributed by atoms with Crippen LogP contribution >= 0.6 is 11.5 Å². The molecule has 0 saturated carbocycles. The summed E-state index contributed by atoms with van der Waals surface area (Å²) in [6.45, 7) is 3.70. The Hall–Kier alpha value is -1.76. The Morgan fingerprint density at radius 3 is 3.14 bits per heavy atom. The van der Waals surface area contributed by atoms with Crippen LogP contribution < -0.4 is 0 Å². The molecule has 1 atom stereocenters. The van der Waals surface area contributed by atoms with Crippen molar-refractivity contribution in [2.45, 2.75) is 51.6 Å². The molecule has 22 heavy (non-hydrogen) atoms. The van der Waals surface area contributed by atoms with Gasteiger partial charge in [0.25, 0.3) is 5.91 Å². The largest absolute Gasteiger partial charge is 0.335 e. The second-order valence-corrected chi connectivity index (χ2v) is 6.36. The first-order chi connectivity index (χ1) is 10.8. The molecule has 3 heterocycles. The fraction of sp³-hybridized carbons (Fsp3) is 0.600. The minimum Gasteiger partial charge on any atom is -0.335 e. The molecule has 3 rings (SSSR count). The Bertz CT molecular complexity index is 609. The minimum atomic E-state index is 0.108. The highest BCUT2D eigenvalue weighted by Gasteiger charge is 2.29. The first-order valence-electron chi connectivity index (χ1n) is 7.89. The van der Waals surface area contributed by atoms with Gasteiger partial charge in [-0.1, -0.05) is 11.4 Å². The highest BCUT2D eigenvalue weighted by molar-refractivity contribution is 7.08. The summed E-state index contributed by atoms with van der Waals surface area (Å²) in [5, 5.41) is 8.31. The molecule has 2 aromatic heterocycles. The van der Waals surface area contributed by atoms with Crippen LogP contribution in [-0.2, 0) is 13.0 Å². The zero-order valence-electron chi connectivity index (χ0n) is 12.8. The second-order valence-electron chi connectivity index (χ2n) is 5.61. The maximum Gasteiger partial charge on any atom is 0.267 e. The average molecular weight is 319 g/mol. The van der Waals surface area contributed by atoms with Crippen LogP contribution in [0.4, 0.5) is 0 Å². The van der Waals surface area contributed by atoms with E-state index in [4.69, 9.17) is 0 Å². The molecule has 1 fully saturated rings. The third-order valence-corrected chi connectivity index (χ3v) is 4.98. The van der Waals surface area contributed by atoms with E-state index in [0.29, 0.717) is 4.88 Å². The summed E-state index contributed by atoms with van der Waals surface area (Å²) in [5.74, 6) is 0.108. The molecule has 0 N–H and O–H groups in total. The quantitative estimate of drug-likeness (QED) is 0.849. The molecule has 0 spiro atoms. The summed E-state index contributed by atoms with van der Waals surface area (Å²) < 4.78 is 5.88. The van der Waals surface area contributed by atoms with Crippen LogP contribution in [0.15, 0.2) is 18.5 Å². The number of rotatable bonds is 5. The number of hydrogen-bond donors (Lipinski definition) is 0. The SMILES string of the molecule is CCc1nnsc1C(=O)N1CCCC[C@@H]1CCn1cccn1. The van der Waals surface area contributed by atoms with E-state index in [0.717, 1.165) is 44.5 Å². The van der Waals surface area contributed by atoms with Crippen molar-refractivity contribution in [3.8, 4) is 0 Å². The molecule has 6 nitrogen and oxygen atoms in total. The zero-order valence-corrected chi connectivity index (χ0v) is 13.6. The predicted molar refractivity (Wildman–Crippen MR) is 84.8 cm³/mol. The highest BCUT2D eigenvalue weighted by Crippen LogP contribution is 2.24. The van der Waals surface area contributed by atoms with E-state index in [-0.39, 0.29) is 11.9 Å². The van der Waals surface area contributed by atoms with E-state index in [1.807, 2.05) is 28.8 Å². The summed E-state index contributed by atoms with van der Waals surface area (Å²) in [6, 6.07) is 2.22. The Morgan fingerprint density at radius 1 is 1.45 bits per heavy atom. The number of hydrogen-bond acceptors (Lipinski definition) is 5. The van der Waals surface area contributed by atoms with E-state index < -0.39 is 0 Å². The van der Waals surface area contributed by atoms with Crippen LogP contribution in [0.25, 0.3) is 0 Å². The van der Waals surface area contributed by atoms with Crippen molar-refractivity contribution >= 4 is 17.4 Å². The van der Waals surface area contributed by atoms with E-state index in [1.165, 1.54) is 18.0 Å². The van der Waals surface area contributed by atoms with E-state index >= 15 is 0 Å². The zero-order chi connectivity index (χ0) is 15.4. The lowest BCUT2D eigenvalue weighted by molar-refractivity contribution is 0.0597. The number of likely N-dealkylation sites (tertiary alicyclic amines) is 1. The van der Waals surface area contributed by atoms with Crippen LogP contribution in [0, 0.1) is 0 Å². The fourth-order valence-electron chi connectivity index (χ4n) is 3.01. The van der Waals surface area contributed by atoms with Crippen molar-refractivity contribution in [1.29, 1.82) is 0 Å². The summed E-state index contributed by atoms with van der Waals surface area (Å²) in [7, 11) is 0. The van der Waals surface area contributed by atoms with Crippen molar-refractivity contribution in [3.05, 3.63) is 29.0 Å². The molecule has 0 aromatic carbocycles. The third-order valence-electron chi connectivity index (χ3n) is 4.22. The third kappa shape index (κ3) is 3.19. The number of nitrogens with zero attached hydrogens (tertiary/aromatic N) is 5. The Morgan fingerprint density at radius 2 is 2.36 bits per heavy atom. The van der Waals surface area contributed by atoms with Gasteiger partial charge in [-0.15, -0.1) is 5.10 Å². The second kappa shape index (κ2) is 7.00. The van der Waals surface area contributed by atoms with Gasteiger partial charge < -0.3 is 4.90 Å². The minimum absolute atomic E-state index is 0.108. The fourth-order valence-corrected chi connectivity index (χ4v) is 3.72. The number of aryl methyl sites for hydroxylation is 2. The van der Waals surface area contributed by atoms with Crippen molar-refractivity contribution in [2.24, 2.45) is 0 Å². The smallest absolute Gasteiger partial charge is 0.267 e. The topological polar surface area (TPSA) is 63.9 Å². The van der Waals surface area contributed by atoms with Gasteiger partial charge in [-0.25, -0.2) is 0 Å². The molecule has 1 saturated heterocycles. The molecule has 1 aliphatic heterocycles. The predicted octanol–water partition coefficient (Wildman–Crippen LogP) is 2.38. The molecule has 0 aliphatic carbocycles. The molecular formula is C15H21N5OS. The van der Waals surface area contributed by atoms with Gasteiger partial charge in [0, 0.05) is 31.5 Å². The molecular weight excluding hydrogens is 298 g/mol. The number of piperidine rings is 1. The van der Waals surface area contributed by atoms with Gasteiger partial charge >= 0.3 is 0 Å². The van der Waals surface area contributed by atoms with Gasteiger partial charge in [-0.3, -0.25) is 9.48 Å². The molecule has 0 unspecified atom stereocenters. The standard InChI is InChI=1S/C15H21N5OS/c1-2-13-14(22-18-17-13)15(21)20-10-4-3-6-12(20)7-11-19-9-5-8-16-19/h5,8-9,12H,2-4,6-7,10-11H2,1H3/t12-/m1/s1. The van der Waals surface area contributed by atoms with Gasteiger partial charge in [-0.2, -0.15) is 5.10 Å². The van der Waals surface area contributed by atoms with Gasteiger partial charge in [0.2, 0.25) is 0 Å². The monoisotopic (exact) mass is 319 g/mol. The molecule has 7 heteroatoms. The van der Waals surface area contributed by atoms with E-state index in [1.54, 1.807) is 6.20 Å². The van der Waals surface area contributed by atoms with Crippen LogP contribution in [0.3, 0.4) is 0 Å². The number of carbonyl (C=O) groups is 1. The summed E-state index contributed by atoms with van der Waals surface area (Å²) >= 11 is 1.22. The van der Waals surface area contributed by atoms with E-state index in [9.17, 15) is 4.79 Å². The lowest BCUT2D eigenvalue weighted by Gasteiger charge is -2.35. The Labute approximate surface area is 134 Å². The van der Waals surface area contributed by atoms with Crippen LogP contribution in [0.2, 0.25) is 0 Å². The first kappa shape index (κ1) is 15.1. The van der Waals surface area contributed by atoms with Gasteiger partial charge in [-0.05, 0) is 49.7 Å². The van der Waals surface area contributed by atoms with E-state index in [2.05, 4.69) is 14.7 Å². The van der Waals surface area contributed by atoms with Crippen LogP contribution in [0.1, 0.15) is 48.0 Å². The molecule has 0 bridgehead atoms. The number of aromatic nitrogens is 4. The Kier molecular flexibility index (Phi) is 4.82. The van der Waals surface area contributed by atoms with Gasteiger partial charge in [0.15, 0.2) is 0 Å². The lowest BCUT2D eigenvalue weighted by atomic mass is 9.99. The number of amides is 1. The van der Waals surface area contributed by atoms with Crippen LogP contribution in [0.5, 0.6) is 0 Å². The molecule has 1 amide bonds. The summed E-state index contributed by atoms with van der Waals surface area (Å²) in [4.78, 5) is 15.6. The summed E-state index contributed by atoms with van der Waals surface area (Å²) in [5.41, 5.74) is 0.825. The van der Waals surface area contributed by atoms with Crippen molar-refractivity contribution in [2.75, 3.05) is 6.54 Å². The highest BCUT2D eigenvalue weighted by atomic mass is 32.1. The van der Waals surface area contributed by atoms with Gasteiger partial charge in [0.1, 0.15) is 4.88 Å². The lowest BCUT2D eigenvalue weighted by Crippen LogP contribution is -2.44. The number of carbonyl (C=O) groups excluding carboxylic acids is 1. The maximum absolute atomic E-state index is 12.8. The average Bonchev–Trinajstić information content (AvgIpc) is 3.23. The molecule has 0 radical (unpaired) electrons. The molecule has 2 aromatic rings. The molecule has 1 aliphatic rings. The van der Waals surface area contributed by atoms with Crippen molar-refractivity contribution in [1.82, 2.24) is 24.3 Å². The van der Waals surface area contributed by atoms with Crippen molar-refractivity contribution < 1.29 is 4.79 Å². The van der Waals surface area contributed by atoms with Crippen LogP contribution in [-0.4, -0.2) is 42.8 Å².